The number of hydrogen-bond acceptors (Lipinski definition) is 2. The van der Waals surface area contributed by atoms with Crippen LogP contribution in [-0.2, 0) is 6.42 Å². The van der Waals surface area contributed by atoms with Crippen molar-refractivity contribution in [3.8, 4) is 0 Å². The number of rotatable bonds is 4. The summed E-state index contributed by atoms with van der Waals surface area (Å²) in [5.74, 6) is 0.198. The smallest absolute Gasteiger partial charge is 0.163 e. The van der Waals surface area contributed by atoms with Crippen LogP contribution in [0.5, 0.6) is 0 Å². The van der Waals surface area contributed by atoms with E-state index in [2.05, 4.69) is 0 Å². The Kier molecular flexibility index (Phi) is 4.00. The van der Waals surface area contributed by atoms with E-state index in [-0.39, 0.29) is 5.78 Å². The van der Waals surface area contributed by atoms with Gasteiger partial charge in [0.25, 0.3) is 0 Å². The Balaban J connectivity index is 2.08. The Hall–Kier alpha value is -2.09. The van der Waals surface area contributed by atoms with Gasteiger partial charge in [0.2, 0.25) is 0 Å². The van der Waals surface area contributed by atoms with Gasteiger partial charge in [0, 0.05) is 17.7 Å². The van der Waals surface area contributed by atoms with Crippen LogP contribution in [0.15, 0.2) is 42.5 Å². The van der Waals surface area contributed by atoms with Crippen molar-refractivity contribution in [3.63, 3.8) is 0 Å². The molecular weight excluding hydrogens is 234 g/mol. The number of benzene rings is 2. The van der Waals surface area contributed by atoms with E-state index in [1.165, 1.54) is 0 Å². The average molecular weight is 253 g/mol. The predicted octanol–water partition coefficient (Wildman–Crippen LogP) is 3.70. The van der Waals surface area contributed by atoms with Crippen LogP contribution in [0.25, 0.3) is 0 Å². The number of aryl methyl sites for hydroxylation is 2. The van der Waals surface area contributed by atoms with Crippen LogP contribution in [0.1, 0.15) is 33.5 Å². The number of carbonyl (C=O) groups excluding carboxylic acids is 1. The summed E-state index contributed by atoms with van der Waals surface area (Å²) in [5, 5.41) is 0. The van der Waals surface area contributed by atoms with Crippen molar-refractivity contribution in [2.75, 3.05) is 5.73 Å². The van der Waals surface area contributed by atoms with Gasteiger partial charge in [-0.05, 0) is 49.1 Å². The summed E-state index contributed by atoms with van der Waals surface area (Å²) in [6.07, 6.45) is 1.25. The van der Waals surface area contributed by atoms with Gasteiger partial charge in [-0.3, -0.25) is 4.79 Å². The maximum absolute atomic E-state index is 12.2. The number of Topliss-reactive ketones (excluding diaryl/α,β-unsaturated/α-hetero) is 1. The van der Waals surface area contributed by atoms with Crippen molar-refractivity contribution >= 4 is 11.5 Å². The van der Waals surface area contributed by atoms with Crippen LogP contribution in [0.4, 0.5) is 5.69 Å². The summed E-state index contributed by atoms with van der Waals surface area (Å²) in [6, 6.07) is 13.6. The van der Waals surface area contributed by atoms with Gasteiger partial charge >= 0.3 is 0 Å². The fourth-order valence-electron chi connectivity index (χ4n) is 2.19. The van der Waals surface area contributed by atoms with E-state index >= 15 is 0 Å². The van der Waals surface area contributed by atoms with E-state index in [0.717, 1.165) is 34.4 Å². The Morgan fingerprint density at radius 1 is 1.11 bits per heavy atom. The molecule has 0 amide bonds. The van der Waals surface area contributed by atoms with Gasteiger partial charge in [-0.1, -0.05) is 30.3 Å². The van der Waals surface area contributed by atoms with E-state index in [0.29, 0.717) is 6.42 Å². The first-order chi connectivity index (χ1) is 9.08. The highest BCUT2D eigenvalue weighted by Gasteiger charge is 2.10. The van der Waals surface area contributed by atoms with Crippen molar-refractivity contribution < 1.29 is 4.79 Å². The van der Waals surface area contributed by atoms with Crippen molar-refractivity contribution in [1.82, 2.24) is 0 Å². The number of carbonyl (C=O) groups is 1. The fourth-order valence-corrected chi connectivity index (χ4v) is 2.19. The maximum Gasteiger partial charge on any atom is 0.163 e. The first kappa shape index (κ1) is 13.3. The molecule has 2 nitrogen and oxygen atoms in total. The van der Waals surface area contributed by atoms with Crippen LogP contribution in [0, 0.1) is 13.8 Å². The van der Waals surface area contributed by atoms with Crippen molar-refractivity contribution in [3.05, 3.63) is 64.7 Å². The van der Waals surface area contributed by atoms with Crippen molar-refractivity contribution in [1.29, 1.82) is 0 Å². The van der Waals surface area contributed by atoms with E-state index in [4.69, 9.17) is 5.73 Å². The van der Waals surface area contributed by atoms with Gasteiger partial charge in [-0.2, -0.15) is 0 Å². The molecule has 0 atom stereocenters. The Bertz CT molecular complexity index is 602. The standard InChI is InChI=1S/C17H19NO/c1-12-5-3-8-16(13(12)2)17(19)10-9-14-6-4-7-15(18)11-14/h3-8,11H,9-10,18H2,1-2H3. The SMILES string of the molecule is Cc1cccc(C(=O)CCc2cccc(N)c2)c1C. The molecule has 98 valence electrons. The zero-order chi connectivity index (χ0) is 13.8. The van der Waals surface area contributed by atoms with Crippen LogP contribution in [-0.4, -0.2) is 5.78 Å². The number of nitrogens with two attached hydrogens (primary N) is 1. The van der Waals surface area contributed by atoms with Crippen LogP contribution in [0.2, 0.25) is 0 Å². The molecule has 2 aromatic rings. The fraction of sp³-hybridized carbons (Fsp3) is 0.235. The molecule has 0 aliphatic heterocycles. The third-order valence-corrected chi connectivity index (χ3v) is 3.50. The highest BCUT2D eigenvalue weighted by atomic mass is 16.1. The molecule has 0 fully saturated rings. The minimum Gasteiger partial charge on any atom is -0.399 e. The number of ketones is 1. The maximum atomic E-state index is 12.2. The normalized spacial score (nSPS) is 10.4. The Morgan fingerprint density at radius 3 is 2.58 bits per heavy atom. The zero-order valence-electron chi connectivity index (χ0n) is 11.4. The second-order valence-corrected chi connectivity index (χ2v) is 4.92. The Morgan fingerprint density at radius 2 is 1.84 bits per heavy atom. The monoisotopic (exact) mass is 253 g/mol. The first-order valence-electron chi connectivity index (χ1n) is 6.52. The molecule has 19 heavy (non-hydrogen) atoms. The number of anilines is 1. The third kappa shape index (κ3) is 3.22. The quantitative estimate of drug-likeness (QED) is 0.667. The molecule has 0 heterocycles. The molecular formula is C17H19NO. The molecule has 0 saturated heterocycles. The summed E-state index contributed by atoms with van der Waals surface area (Å²) in [7, 11) is 0. The van der Waals surface area contributed by atoms with Gasteiger partial charge in [-0.15, -0.1) is 0 Å². The number of nitrogen functional groups attached to an aromatic ring is 1. The largest absolute Gasteiger partial charge is 0.399 e. The summed E-state index contributed by atoms with van der Waals surface area (Å²) >= 11 is 0. The molecule has 2 heteroatoms. The van der Waals surface area contributed by atoms with Crippen LogP contribution >= 0.6 is 0 Å². The van der Waals surface area contributed by atoms with E-state index in [1.807, 2.05) is 56.3 Å². The minimum atomic E-state index is 0.198. The van der Waals surface area contributed by atoms with Crippen molar-refractivity contribution in [2.45, 2.75) is 26.7 Å². The molecule has 2 N–H and O–H groups in total. The lowest BCUT2D eigenvalue weighted by molar-refractivity contribution is 0.0982. The number of hydrogen-bond donors (Lipinski definition) is 1. The van der Waals surface area contributed by atoms with Gasteiger partial charge in [0.15, 0.2) is 5.78 Å². The van der Waals surface area contributed by atoms with Crippen LogP contribution < -0.4 is 5.73 Å². The van der Waals surface area contributed by atoms with Gasteiger partial charge in [0.1, 0.15) is 0 Å². The lowest BCUT2D eigenvalue weighted by atomic mass is 9.96. The lowest BCUT2D eigenvalue weighted by Gasteiger charge is -2.08. The van der Waals surface area contributed by atoms with Gasteiger partial charge < -0.3 is 5.73 Å². The Labute approximate surface area is 114 Å². The van der Waals surface area contributed by atoms with Gasteiger partial charge in [0.05, 0.1) is 0 Å². The molecule has 0 radical (unpaired) electrons. The molecule has 0 aromatic heterocycles. The minimum absolute atomic E-state index is 0.198. The molecule has 0 spiro atoms. The van der Waals surface area contributed by atoms with Crippen LogP contribution in [0.3, 0.4) is 0 Å². The van der Waals surface area contributed by atoms with Crippen molar-refractivity contribution in [2.24, 2.45) is 0 Å². The topological polar surface area (TPSA) is 43.1 Å². The van der Waals surface area contributed by atoms with Gasteiger partial charge in [-0.25, -0.2) is 0 Å². The zero-order valence-corrected chi connectivity index (χ0v) is 11.4. The summed E-state index contributed by atoms with van der Waals surface area (Å²) in [5.41, 5.74) is 10.7. The average Bonchev–Trinajstić information content (AvgIpc) is 2.39. The summed E-state index contributed by atoms with van der Waals surface area (Å²) < 4.78 is 0. The summed E-state index contributed by atoms with van der Waals surface area (Å²) in [4.78, 5) is 12.2. The predicted molar refractivity (Wildman–Crippen MR) is 79.4 cm³/mol. The van der Waals surface area contributed by atoms with E-state index in [1.54, 1.807) is 0 Å². The first-order valence-corrected chi connectivity index (χ1v) is 6.52. The highest BCUT2D eigenvalue weighted by Crippen LogP contribution is 2.16. The molecule has 0 aliphatic rings. The molecule has 0 unspecified atom stereocenters. The molecule has 2 rings (SSSR count). The highest BCUT2D eigenvalue weighted by molar-refractivity contribution is 5.97. The third-order valence-electron chi connectivity index (χ3n) is 3.50. The molecule has 0 bridgehead atoms. The summed E-state index contributed by atoms with van der Waals surface area (Å²) in [6.45, 7) is 4.03. The van der Waals surface area contributed by atoms with E-state index in [9.17, 15) is 4.79 Å². The second kappa shape index (κ2) is 5.70. The molecule has 0 aliphatic carbocycles. The lowest BCUT2D eigenvalue weighted by Crippen LogP contribution is -2.04. The molecule has 2 aromatic carbocycles. The second-order valence-electron chi connectivity index (χ2n) is 4.92. The molecule has 0 saturated carbocycles. The van der Waals surface area contributed by atoms with E-state index < -0.39 is 0 Å².